The molecule has 0 aliphatic carbocycles. The van der Waals surface area contributed by atoms with Crippen LogP contribution in [0, 0.1) is 5.41 Å². The molecule has 0 spiro atoms. The Balaban J connectivity index is 2.81. The minimum Gasteiger partial charge on any atom is -0.469 e. The molecular formula is C8H15NO2S. The number of carbonyl (C=O) groups excluding carboxylic acids is 1. The minimum atomic E-state index is -0.417. The number of nitrogens with two attached hydrogens (primary N) is 1. The van der Waals surface area contributed by atoms with Crippen LogP contribution in [0.2, 0.25) is 0 Å². The van der Waals surface area contributed by atoms with Gasteiger partial charge in [0.05, 0.1) is 12.5 Å². The molecule has 0 saturated carbocycles. The monoisotopic (exact) mass is 189 g/mol. The smallest absolute Gasteiger partial charge is 0.314 e. The topological polar surface area (TPSA) is 52.3 Å². The van der Waals surface area contributed by atoms with Crippen LogP contribution in [0.1, 0.15) is 13.3 Å². The van der Waals surface area contributed by atoms with E-state index in [1.807, 2.05) is 6.92 Å². The van der Waals surface area contributed by atoms with Gasteiger partial charge in [0, 0.05) is 11.8 Å². The normalized spacial score (nSPS) is 35.1. The maximum Gasteiger partial charge on any atom is 0.314 e. The summed E-state index contributed by atoms with van der Waals surface area (Å²) in [6.45, 7) is 2.44. The zero-order valence-corrected chi connectivity index (χ0v) is 8.32. The summed E-state index contributed by atoms with van der Waals surface area (Å²) >= 11 is 1.79. The summed E-state index contributed by atoms with van der Waals surface area (Å²) in [5, 5.41) is 0.287. The number of methoxy groups -OCH3 is 1. The molecule has 0 bridgehead atoms. The highest BCUT2D eigenvalue weighted by molar-refractivity contribution is 8.00. The average Bonchev–Trinajstić information content (AvgIpc) is 2.46. The van der Waals surface area contributed by atoms with Crippen LogP contribution in [0.15, 0.2) is 0 Å². The molecule has 2 N–H and O–H groups in total. The third-order valence-corrected chi connectivity index (χ3v) is 4.04. The molecule has 2 atom stereocenters. The first-order chi connectivity index (χ1) is 5.67. The van der Waals surface area contributed by atoms with Gasteiger partial charge in [-0.15, -0.1) is 0 Å². The van der Waals surface area contributed by atoms with Gasteiger partial charge >= 0.3 is 5.97 Å². The van der Waals surface area contributed by atoms with Crippen molar-refractivity contribution in [1.29, 1.82) is 0 Å². The van der Waals surface area contributed by atoms with Gasteiger partial charge in [0.25, 0.3) is 0 Å². The molecule has 12 heavy (non-hydrogen) atoms. The number of carbonyl (C=O) groups is 1. The second-order valence-corrected chi connectivity index (χ2v) is 4.56. The van der Waals surface area contributed by atoms with E-state index in [9.17, 15) is 4.79 Å². The molecule has 4 heteroatoms. The summed E-state index contributed by atoms with van der Waals surface area (Å²) in [6.07, 6.45) is 0.849. The standard InChI is InChI=1S/C8H15NO2S/c1-6-8(5-9,3-4-12-6)7(10)11-2/h6H,3-5,9H2,1-2H3. The van der Waals surface area contributed by atoms with Crippen molar-refractivity contribution in [3.05, 3.63) is 0 Å². The van der Waals surface area contributed by atoms with E-state index in [4.69, 9.17) is 10.5 Å². The van der Waals surface area contributed by atoms with Gasteiger partial charge in [-0.2, -0.15) is 11.8 Å². The first kappa shape index (κ1) is 9.86. The number of hydrogen-bond donors (Lipinski definition) is 1. The van der Waals surface area contributed by atoms with Crippen molar-refractivity contribution in [2.45, 2.75) is 18.6 Å². The van der Waals surface area contributed by atoms with E-state index in [-0.39, 0.29) is 11.2 Å². The van der Waals surface area contributed by atoms with Crippen LogP contribution in [0.25, 0.3) is 0 Å². The molecule has 1 aliphatic rings. The van der Waals surface area contributed by atoms with E-state index >= 15 is 0 Å². The van der Waals surface area contributed by atoms with Crippen molar-refractivity contribution in [3.8, 4) is 0 Å². The summed E-state index contributed by atoms with van der Waals surface area (Å²) in [6, 6.07) is 0. The lowest BCUT2D eigenvalue weighted by Gasteiger charge is -2.27. The van der Waals surface area contributed by atoms with Crippen LogP contribution in [0.4, 0.5) is 0 Å². The van der Waals surface area contributed by atoms with Gasteiger partial charge < -0.3 is 10.5 Å². The molecule has 0 amide bonds. The quantitative estimate of drug-likeness (QED) is 0.647. The fourth-order valence-electron chi connectivity index (χ4n) is 1.60. The van der Waals surface area contributed by atoms with E-state index in [1.165, 1.54) is 7.11 Å². The molecule has 0 aromatic heterocycles. The Morgan fingerprint density at radius 3 is 2.83 bits per heavy atom. The van der Waals surface area contributed by atoms with Crippen LogP contribution < -0.4 is 5.73 Å². The van der Waals surface area contributed by atoms with E-state index in [1.54, 1.807) is 11.8 Å². The molecule has 1 fully saturated rings. The molecule has 70 valence electrons. The minimum absolute atomic E-state index is 0.150. The van der Waals surface area contributed by atoms with Gasteiger partial charge in [-0.1, -0.05) is 6.92 Å². The van der Waals surface area contributed by atoms with Crippen molar-refractivity contribution in [2.24, 2.45) is 11.1 Å². The van der Waals surface area contributed by atoms with Gasteiger partial charge in [0.1, 0.15) is 0 Å². The van der Waals surface area contributed by atoms with E-state index in [0.717, 1.165) is 12.2 Å². The van der Waals surface area contributed by atoms with Gasteiger partial charge in [-0.05, 0) is 12.2 Å². The number of esters is 1. The first-order valence-corrected chi connectivity index (χ1v) is 5.12. The van der Waals surface area contributed by atoms with E-state index in [2.05, 4.69) is 0 Å². The predicted molar refractivity (Wildman–Crippen MR) is 50.0 cm³/mol. The third-order valence-electron chi connectivity index (χ3n) is 2.65. The van der Waals surface area contributed by atoms with Crippen molar-refractivity contribution in [1.82, 2.24) is 0 Å². The second kappa shape index (κ2) is 3.66. The largest absolute Gasteiger partial charge is 0.469 e. The Hall–Kier alpha value is -0.220. The molecule has 1 rings (SSSR count). The molecule has 1 saturated heterocycles. The summed E-state index contributed by atoms with van der Waals surface area (Å²) in [4.78, 5) is 11.5. The number of thioether (sulfide) groups is 1. The lowest BCUT2D eigenvalue weighted by atomic mass is 9.82. The van der Waals surface area contributed by atoms with Gasteiger partial charge in [0.15, 0.2) is 0 Å². The maximum atomic E-state index is 11.5. The van der Waals surface area contributed by atoms with Gasteiger partial charge in [-0.25, -0.2) is 0 Å². The second-order valence-electron chi connectivity index (χ2n) is 3.11. The predicted octanol–water partition coefficient (Wildman–Crippen LogP) is 0.630. The first-order valence-electron chi connectivity index (χ1n) is 4.07. The van der Waals surface area contributed by atoms with Crippen LogP contribution in [0.5, 0.6) is 0 Å². The zero-order chi connectivity index (χ0) is 9.19. The Kier molecular flexibility index (Phi) is 3.01. The number of rotatable bonds is 2. The summed E-state index contributed by atoms with van der Waals surface area (Å²) in [5.41, 5.74) is 5.20. The fourth-order valence-corrected chi connectivity index (χ4v) is 3.07. The average molecular weight is 189 g/mol. The van der Waals surface area contributed by atoms with Crippen molar-refractivity contribution in [2.75, 3.05) is 19.4 Å². The zero-order valence-electron chi connectivity index (χ0n) is 7.50. The highest BCUT2D eigenvalue weighted by Crippen LogP contribution is 2.42. The Morgan fingerprint density at radius 2 is 2.50 bits per heavy atom. The van der Waals surface area contributed by atoms with Crippen molar-refractivity contribution < 1.29 is 9.53 Å². The van der Waals surface area contributed by atoms with Crippen LogP contribution in [-0.4, -0.2) is 30.6 Å². The molecule has 0 aromatic rings. The van der Waals surface area contributed by atoms with Crippen molar-refractivity contribution >= 4 is 17.7 Å². The third kappa shape index (κ3) is 1.33. The summed E-state index contributed by atoms with van der Waals surface area (Å²) < 4.78 is 4.77. The maximum absolute atomic E-state index is 11.5. The van der Waals surface area contributed by atoms with Gasteiger partial charge in [-0.3, -0.25) is 4.79 Å². The highest BCUT2D eigenvalue weighted by atomic mass is 32.2. The Bertz CT molecular complexity index is 186. The van der Waals surface area contributed by atoms with Crippen molar-refractivity contribution in [3.63, 3.8) is 0 Å². The number of hydrogen-bond acceptors (Lipinski definition) is 4. The molecule has 3 nitrogen and oxygen atoms in total. The Morgan fingerprint density at radius 1 is 1.83 bits per heavy atom. The van der Waals surface area contributed by atoms with Crippen LogP contribution in [-0.2, 0) is 9.53 Å². The fraction of sp³-hybridized carbons (Fsp3) is 0.875. The lowest BCUT2D eigenvalue weighted by Crippen LogP contribution is -2.43. The molecule has 1 aliphatic heterocycles. The van der Waals surface area contributed by atoms with Crippen LogP contribution in [0.3, 0.4) is 0 Å². The van der Waals surface area contributed by atoms with Crippen LogP contribution >= 0.6 is 11.8 Å². The molecular weight excluding hydrogens is 174 g/mol. The molecule has 1 heterocycles. The molecule has 2 unspecified atom stereocenters. The van der Waals surface area contributed by atoms with Gasteiger partial charge in [0.2, 0.25) is 0 Å². The molecule has 0 radical (unpaired) electrons. The highest BCUT2D eigenvalue weighted by Gasteiger charge is 2.47. The number of ether oxygens (including phenoxy) is 1. The summed E-state index contributed by atoms with van der Waals surface area (Å²) in [5.74, 6) is 0.857. The van der Waals surface area contributed by atoms with E-state index < -0.39 is 5.41 Å². The van der Waals surface area contributed by atoms with E-state index in [0.29, 0.717) is 6.54 Å². The lowest BCUT2D eigenvalue weighted by molar-refractivity contribution is -0.151. The summed E-state index contributed by atoms with van der Waals surface area (Å²) in [7, 11) is 1.43. The Labute approximate surface area is 77.0 Å². The SMILES string of the molecule is COC(=O)C1(CN)CCSC1C. The molecule has 0 aromatic carbocycles.